The number of anilines is 1. The van der Waals surface area contributed by atoms with Gasteiger partial charge in [-0.1, -0.05) is 12.0 Å². The predicted molar refractivity (Wildman–Crippen MR) is 84.3 cm³/mol. The van der Waals surface area contributed by atoms with Gasteiger partial charge in [-0.05, 0) is 39.8 Å². The molecule has 6 nitrogen and oxygen atoms in total. The topological polar surface area (TPSA) is 71.5 Å². The summed E-state index contributed by atoms with van der Waals surface area (Å²) in [6.07, 6.45) is 4.69. The molecule has 0 unspecified atom stereocenters. The molecular weight excluding hydrogens is 282 g/mol. The Balaban J connectivity index is 2.72. The van der Waals surface area contributed by atoms with Crippen molar-refractivity contribution in [3.63, 3.8) is 0 Å². The number of carbonyl (C=O) groups excluding carboxylic acids is 2. The van der Waals surface area contributed by atoms with Crippen molar-refractivity contribution in [2.75, 3.05) is 12.4 Å². The van der Waals surface area contributed by atoms with Crippen molar-refractivity contribution in [1.82, 2.24) is 9.88 Å². The fourth-order valence-electron chi connectivity index (χ4n) is 1.48. The van der Waals surface area contributed by atoms with Gasteiger partial charge in [-0.2, -0.15) is 0 Å². The molecule has 0 aliphatic carbocycles. The van der Waals surface area contributed by atoms with Gasteiger partial charge in [0.2, 0.25) is 5.91 Å². The van der Waals surface area contributed by atoms with Crippen LogP contribution in [0.1, 0.15) is 33.4 Å². The quantitative estimate of drug-likeness (QED) is 0.869. The van der Waals surface area contributed by atoms with Gasteiger partial charge in [-0.3, -0.25) is 9.69 Å². The molecule has 22 heavy (non-hydrogen) atoms. The van der Waals surface area contributed by atoms with Crippen molar-refractivity contribution in [1.29, 1.82) is 0 Å². The van der Waals surface area contributed by atoms with E-state index in [2.05, 4.69) is 16.2 Å². The fraction of sp³-hybridized carbons (Fsp3) is 0.438. The molecule has 0 aliphatic rings. The molecule has 0 spiro atoms. The van der Waals surface area contributed by atoms with Crippen LogP contribution in [-0.2, 0) is 9.53 Å². The van der Waals surface area contributed by atoms with E-state index in [9.17, 15) is 9.59 Å². The van der Waals surface area contributed by atoms with E-state index in [0.29, 0.717) is 11.5 Å². The van der Waals surface area contributed by atoms with Crippen LogP contribution in [0.4, 0.5) is 10.6 Å². The highest BCUT2D eigenvalue weighted by molar-refractivity contribution is 5.95. The zero-order chi connectivity index (χ0) is 16.9. The van der Waals surface area contributed by atoms with Gasteiger partial charge in [-0.25, -0.2) is 9.78 Å². The number of amides is 2. The molecule has 1 aromatic heterocycles. The van der Waals surface area contributed by atoms with Crippen LogP contribution >= 0.6 is 0 Å². The lowest BCUT2D eigenvalue weighted by molar-refractivity contribution is -0.120. The van der Waals surface area contributed by atoms with Gasteiger partial charge in [0.15, 0.2) is 0 Å². The number of nitrogens with one attached hydrogen (secondary N) is 1. The second-order valence-corrected chi connectivity index (χ2v) is 5.81. The molecular formula is C16H21N3O3. The first-order valence-corrected chi connectivity index (χ1v) is 6.84. The largest absolute Gasteiger partial charge is 0.444 e. The second kappa shape index (κ2) is 6.94. The van der Waals surface area contributed by atoms with Gasteiger partial charge in [0.05, 0.1) is 0 Å². The first-order chi connectivity index (χ1) is 10.1. The maximum Gasteiger partial charge on any atom is 0.410 e. The Labute approximate surface area is 130 Å². The van der Waals surface area contributed by atoms with Crippen LogP contribution in [-0.4, -0.2) is 40.6 Å². The molecule has 0 aromatic carbocycles. The molecule has 0 fully saturated rings. The first-order valence-electron chi connectivity index (χ1n) is 6.84. The van der Waals surface area contributed by atoms with Gasteiger partial charge in [0.25, 0.3) is 0 Å². The minimum Gasteiger partial charge on any atom is -0.444 e. The molecule has 0 bridgehead atoms. The summed E-state index contributed by atoms with van der Waals surface area (Å²) in [6, 6.07) is 4.26. The summed E-state index contributed by atoms with van der Waals surface area (Å²) in [5, 5.41) is 2.62. The highest BCUT2D eigenvalue weighted by Gasteiger charge is 2.27. The van der Waals surface area contributed by atoms with Crippen molar-refractivity contribution >= 4 is 17.8 Å². The molecule has 1 aromatic rings. The number of hydrogen-bond donors (Lipinski definition) is 1. The maximum atomic E-state index is 12.2. The van der Waals surface area contributed by atoms with Crippen LogP contribution in [0.25, 0.3) is 0 Å². The molecule has 0 saturated heterocycles. The van der Waals surface area contributed by atoms with Crippen LogP contribution in [0, 0.1) is 12.3 Å². The lowest BCUT2D eigenvalue weighted by Gasteiger charge is -2.28. The lowest BCUT2D eigenvalue weighted by atomic mass is 10.2. The molecule has 1 rings (SSSR count). The van der Waals surface area contributed by atoms with Crippen LogP contribution in [0.3, 0.4) is 0 Å². The predicted octanol–water partition coefficient (Wildman–Crippen LogP) is 2.26. The Morgan fingerprint density at radius 2 is 2.05 bits per heavy atom. The zero-order valence-electron chi connectivity index (χ0n) is 13.5. The number of ether oxygens (including phenoxy) is 1. The summed E-state index contributed by atoms with van der Waals surface area (Å²) in [7, 11) is 1.50. The molecule has 1 atom stereocenters. The van der Waals surface area contributed by atoms with E-state index in [1.54, 1.807) is 45.9 Å². The van der Waals surface area contributed by atoms with E-state index in [1.165, 1.54) is 11.9 Å². The van der Waals surface area contributed by atoms with Crippen LogP contribution in [0.2, 0.25) is 0 Å². The third-order valence-electron chi connectivity index (χ3n) is 2.79. The van der Waals surface area contributed by atoms with Gasteiger partial charge in [-0.15, -0.1) is 6.42 Å². The van der Waals surface area contributed by atoms with E-state index < -0.39 is 17.7 Å². The molecule has 0 aliphatic heterocycles. The van der Waals surface area contributed by atoms with Crippen molar-refractivity contribution in [2.45, 2.75) is 39.3 Å². The molecule has 6 heteroatoms. The van der Waals surface area contributed by atoms with Gasteiger partial charge in [0.1, 0.15) is 23.2 Å². The third-order valence-corrected chi connectivity index (χ3v) is 2.79. The van der Waals surface area contributed by atoms with E-state index in [4.69, 9.17) is 11.2 Å². The van der Waals surface area contributed by atoms with Gasteiger partial charge < -0.3 is 10.1 Å². The highest BCUT2D eigenvalue weighted by atomic mass is 16.6. The summed E-state index contributed by atoms with van der Waals surface area (Å²) in [5.41, 5.74) is -0.199. The molecule has 2 amide bonds. The van der Waals surface area contributed by atoms with Crippen LogP contribution in [0.5, 0.6) is 0 Å². The third kappa shape index (κ3) is 5.09. The maximum absolute atomic E-state index is 12.2. The van der Waals surface area contributed by atoms with Crippen LogP contribution in [0.15, 0.2) is 18.2 Å². The van der Waals surface area contributed by atoms with Crippen molar-refractivity contribution in [2.24, 2.45) is 0 Å². The summed E-state index contributed by atoms with van der Waals surface area (Å²) in [4.78, 5) is 29.4. The SMILES string of the molecule is C#Cc1cccc(NC(=O)[C@H](C)N(C)C(=O)OC(C)(C)C)n1. The van der Waals surface area contributed by atoms with Crippen LogP contribution < -0.4 is 5.32 Å². The highest BCUT2D eigenvalue weighted by Crippen LogP contribution is 2.12. The number of rotatable bonds is 3. The second-order valence-electron chi connectivity index (χ2n) is 5.81. The molecule has 1 heterocycles. The molecule has 0 radical (unpaired) electrons. The number of pyridine rings is 1. The number of carbonyl (C=O) groups is 2. The Hall–Kier alpha value is -2.55. The first kappa shape index (κ1) is 17.5. The van der Waals surface area contributed by atoms with E-state index >= 15 is 0 Å². The van der Waals surface area contributed by atoms with E-state index in [-0.39, 0.29) is 5.91 Å². The number of hydrogen-bond acceptors (Lipinski definition) is 4. The summed E-state index contributed by atoms with van der Waals surface area (Å²) in [5.74, 6) is 2.35. The Morgan fingerprint density at radius 3 is 2.59 bits per heavy atom. The van der Waals surface area contributed by atoms with Crippen molar-refractivity contribution < 1.29 is 14.3 Å². The van der Waals surface area contributed by atoms with Gasteiger partial charge in [0, 0.05) is 7.05 Å². The normalized spacial score (nSPS) is 12.0. The Kier molecular flexibility index (Phi) is 5.52. The monoisotopic (exact) mass is 303 g/mol. The summed E-state index contributed by atoms with van der Waals surface area (Å²) < 4.78 is 5.22. The number of aromatic nitrogens is 1. The molecule has 0 saturated carbocycles. The summed E-state index contributed by atoms with van der Waals surface area (Å²) in [6.45, 7) is 6.89. The van der Waals surface area contributed by atoms with E-state index in [0.717, 1.165) is 0 Å². The van der Waals surface area contributed by atoms with E-state index in [1.807, 2.05) is 0 Å². The Morgan fingerprint density at radius 1 is 1.41 bits per heavy atom. The Bertz CT molecular complexity index is 599. The average Bonchev–Trinajstić information content (AvgIpc) is 2.44. The number of nitrogens with zero attached hydrogens (tertiary/aromatic N) is 2. The minimum absolute atomic E-state index is 0.338. The fourth-order valence-corrected chi connectivity index (χ4v) is 1.48. The summed E-state index contributed by atoms with van der Waals surface area (Å²) >= 11 is 0. The number of terminal acetylenes is 1. The van der Waals surface area contributed by atoms with Crippen molar-refractivity contribution in [3.05, 3.63) is 23.9 Å². The smallest absolute Gasteiger partial charge is 0.410 e. The lowest BCUT2D eigenvalue weighted by Crippen LogP contribution is -2.45. The molecule has 118 valence electrons. The molecule has 1 N–H and O–H groups in total. The minimum atomic E-state index is -0.717. The van der Waals surface area contributed by atoms with Crippen molar-refractivity contribution in [3.8, 4) is 12.3 Å². The zero-order valence-corrected chi connectivity index (χ0v) is 13.5. The average molecular weight is 303 g/mol. The number of likely N-dealkylation sites (N-methyl/N-ethyl adjacent to an activating group) is 1. The standard InChI is InChI=1S/C16H21N3O3/c1-7-12-9-8-10-13(17-12)18-14(20)11(2)19(6)15(21)22-16(3,4)5/h1,8-11H,2-6H3,(H,17,18,20)/t11-/m0/s1. The van der Waals surface area contributed by atoms with Gasteiger partial charge >= 0.3 is 6.09 Å².